The molecule has 1 aliphatic carbocycles. The average Bonchev–Trinajstić information content (AvgIpc) is 3.19. The summed E-state index contributed by atoms with van der Waals surface area (Å²) in [6, 6.07) is 33.7. The number of carbonyl (C=O) groups excluding carboxylic acids is 2. The number of methoxy groups -OCH3 is 1. The number of nitrogens with zero attached hydrogens (tertiary/aromatic N) is 1. The third-order valence-electron chi connectivity index (χ3n) is 9.85. The molecule has 2 amide bonds. The van der Waals surface area contributed by atoms with Gasteiger partial charge in [0, 0.05) is 40.1 Å². The average molecular weight is 755 g/mol. The second-order valence-corrected chi connectivity index (χ2v) is 14.7. The van der Waals surface area contributed by atoms with Gasteiger partial charge < -0.3 is 28.8 Å². The van der Waals surface area contributed by atoms with Crippen molar-refractivity contribution < 1.29 is 28.2 Å². The van der Waals surface area contributed by atoms with Crippen LogP contribution >= 0.6 is 11.8 Å². The molecule has 0 radical (unpaired) electrons. The van der Waals surface area contributed by atoms with Crippen molar-refractivity contribution in [1.82, 2.24) is 10.2 Å². The molecular weight excluding hydrogens is 713 g/mol. The Morgan fingerprint density at radius 3 is 2.35 bits per heavy atom. The van der Waals surface area contributed by atoms with Crippen LogP contribution in [0.3, 0.4) is 0 Å². The van der Waals surface area contributed by atoms with Gasteiger partial charge in [0.15, 0.2) is 5.43 Å². The van der Waals surface area contributed by atoms with Gasteiger partial charge in [-0.2, -0.15) is 0 Å². The van der Waals surface area contributed by atoms with Gasteiger partial charge in [0.05, 0.1) is 19.6 Å². The zero-order valence-corrected chi connectivity index (χ0v) is 32.0. The molecule has 55 heavy (non-hydrogen) atoms. The highest BCUT2D eigenvalue weighted by atomic mass is 32.2. The molecule has 4 aromatic carbocycles. The van der Waals surface area contributed by atoms with E-state index >= 15 is 0 Å². The largest absolute Gasteiger partial charge is 0.497 e. The van der Waals surface area contributed by atoms with E-state index in [0.717, 1.165) is 62.2 Å². The molecule has 0 saturated carbocycles. The van der Waals surface area contributed by atoms with Gasteiger partial charge >= 0.3 is 0 Å². The summed E-state index contributed by atoms with van der Waals surface area (Å²) in [7, 11) is 1.65. The van der Waals surface area contributed by atoms with E-state index in [4.69, 9.17) is 18.6 Å². The van der Waals surface area contributed by atoms with Crippen LogP contribution in [0.25, 0.3) is 33.4 Å². The van der Waals surface area contributed by atoms with E-state index in [1.165, 1.54) is 6.07 Å². The molecule has 10 heteroatoms. The number of hydrogen-bond acceptors (Lipinski definition) is 8. The van der Waals surface area contributed by atoms with Gasteiger partial charge in [0.2, 0.25) is 12.3 Å². The van der Waals surface area contributed by atoms with Crippen LogP contribution < -0.4 is 25.0 Å². The molecule has 2 heterocycles. The van der Waals surface area contributed by atoms with Crippen LogP contribution in [0, 0.1) is 6.92 Å². The summed E-state index contributed by atoms with van der Waals surface area (Å²) in [5, 5.41) is 3.75. The molecule has 2 aliphatic heterocycles. The molecule has 2 unspecified atom stereocenters. The van der Waals surface area contributed by atoms with Gasteiger partial charge in [0.1, 0.15) is 47.2 Å². The predicted molar refractivity (Wildman–Crippen MR) is 217 cm³/mol. The summed E-state index contributed by atoms with van der Waals surface area (Å²) in [4.78, 5) is 38.9. The SMILES string of the molecule is COc1ccc(-c2c3ccc(=O)cc-3oc3cc(OCc4ccc(OCC5=C(C)N(C=O)C(C(C)NC(=O)Cc6ccccc6)SC5)cc4)ccc23)c(C)c1. The minimum absolute atomic E-state index is 0.0782. The molecule has 4 aromatic rings. The maximum Gasteiger partial charge on any atom is 0.224 e. The Morgan fingerprint density at radius 1 is 0.873 bits per heavy atom. The Labute approximate surface area is 324 Å². The quantitative estimate of drug-likeness (QED) is 0.0926. The lowest BCUT2D eigenvalue weighted by molar-refractivity contribution is -0.122. The summed E-state index contributed by atoms with van der Waals surface area (Å²) in [5.74, 6) is 3.21. The lowest BCUT2D eigenvalue weighted by atomic mass is 9.91. The summed E-state index contributed by atoms with van der Waals surface area (Å²) >= 11 is 1.61. The monoisotopic (exact) mass is 754 g/mol. The number of thioether (sulfide) groups is 1. The van der Waals surface area contributed by atoms with Crippen molar-refractivity contribution in [1.29, 1.82) is 0 Å². The third kappa shape index (κ3) is 8.39. The van der Waals surface area contributed by atoms with E-state index < -0.39 is 0 Å². The number of fused-ring (bicyclic) bond motifs is 2. The summed E-state index contributed by atoms with van der Waals surface area (Å²) in [5.41, 5.74) is 8.12. The summed E-state index contributed by atoms with van der Waals surface area (Å²) in [6.45, 7) is 6.55. The van der Waals surface area contributed by atoms with Crippen molar-refractivity contribution in [3.8, 4) is 39.7 Å². The van der Waals surface area contributed by atoms with Crippen molar-refractivity contribution in [3.05, 3.63) is 147 Å². The molecule has 0 fully saturated rings. The third-order valence-corrected chi connectivity index (χ3v) is 11.3. The number of benzene rings is 5. The second kappa shape index (κ2) is 16.6. The van der Waals surface area contributed by atoms with Crippen LogP contribution in [0.15, 0.2) is 130 Å². The van der Waals surface area contributed by atoms with Crippen LogP contribution in [0.5, 0.6) is 17.2 Å². The zero-order chi connectivity index (χ0) is 38.5. The summed E-state index contributed by atoms with van der Waals surface area (Å²) < 4.78 is 24.0. The van der Waals surface area contributed by atoms with Crippen LogP contribution in [0.2, 0.25) is 0 Å². The minimum Gasteiger partial charge on any atom is -0.497 e. The maximum absolute atomic E-state index is 12.7. The number of amides is 2. The molecule has 3 aliphatic rings. The van der Waals surface area contributed by atoms with Crippen molar-refractivity contribution in [2.75, 3.05) is 19.5 Å². The normalized spacial score (nSPS) is 14.8. The number of allylic oxidation sites excluding steroid dienone is 1. The van der Waals surface area contributed by atoms with E-state index in [0.29, 0.717) is 41.8 Å². The molecule has 0 saturated heterocycles. The Morgan fingerprint density at radius 2 is 1.60 bits per heavy atom. The van der Waals surface area contributed by atoms with Crippen LogP contribution in [0.4, 0.5) is 0 Å². The van der Waals surface area contributed by atoms with Gasteiger partial charge in [-0.05, 0) is 97.1 Å². The van der Waals surface area contributed by atoms with Crippen molar-refractivity contribution in [2.24, 2.45) is 0 Å². The predicted octanol–water partition coefficient (Wildman–Crippen LogP) is 8.39. The molecule has 7 rings (SSSR count). The van der Waals surface area contributed by atoms with Crippen molar-refractivity contribution >= 4 is 35.0 Å². The Kier molecular flexibility index (Phi) is 11.2. The molecule has 2 atom stereocenters. The highest BCUT2D eigenvalue weighted by Crippen LogP contribution is 2.42. The first-order valence-electron chi connectivity index (χ1n) is 18.1. The van der Waals surface area contributed by atoms with E-state index in [1.807, 2.05) is 118 Å². The highest BCUT2D eigenvalue weighted by molar-refractivity contribution is 8.00. The molecule has 9 nitrogen and oxygen atoms in total. The van der Waals surface area contributed by atoms with Gasteiger partial charge in [-0.3, -0.25) is 14.4 Å². The first-order chi connectivity index (χ1) is 26.7. The number of ether oxygens (including phenoxy) is 3. The lowest BCUT2D eigenvalue weighted by Crippen LogP contribution is -2.50. The van der Waals surface area contributed by atoms with E-state index in [-0.39, 0.29) is 29.2 Å². The molecule has 1 N–H and O–H groups in total. The number of nitrogens with one attached hydrogen (secondary N) is 1. The smallest absolute Gasteiger partial charge is 0.224 e. The number of carbonyl (C=O) groups is 2. The maximum atomic E-state index is 12.7. The molecule has 0 bridgehead atoms. The Bertz CT molecular complexity index is 2390. The van der Waals surface area contributed by atoms with Crippen LogP contribution in [0.1, 0.15) is 30.5 Å². The highest BCUT2D eigenvalue weighted by Gasteiger charge is 2.32. The van der Waals surface area contributed by atoms with Crippen LogP contribution in [-0.4, -0.2) is 48.1 Å². The van der Waals surface area contributed by atoms with Gasteiger partial charge in [-0.15, -0.1) is 11.8 Å². The fourth-order valence-electron chi connectivity index (χ4n) is 6.87. The fraction of sp³-hybridized carbons (Fsp3) is 0.222. The van der Waals surface area contributed by atoms with Crippen molar-refractivity contribution in [2.45, 2.75) is 45.2 Å². The number of hydrogen-bond donors (Lipinski definition) is 1. The summed E-state index contributed by atoms with van der Waals surface area (Å²) in [6.07, 6.45) is 1.12. The van der Waals surface area contributed by atoms with Crippen molar-refractivity contribution in [3.63, 3.8) is 0 Å². The Balaban J connectivity index is 0.990. The number of aryl methyl sites for hydroxylation is 1. The topological polar surface area (TPSA) is 107 Å². The molecule has 0 spiro atoms. The van der Waals surface area contributed by atoms with Gasteiger partial charge in [-0.1, -0.05) is 48.5 Å². The van der Waals surface area contributed by atoms with E-state index in [9.17, 15) is 14.4 Å². The standard InChI is InChI=1S/C45H42N2O7S/c1-28-20-36(51-4)15-18-38(28)44-39-17-12-34(49)22-41(39)54-42-23-37(16-19-40(42)44)52-24-32-10-13-35(14-11-32)53-25-33-26-55-45(47(27-48)30(33)3)29(2)46-43(50)21-31-8-6-5-7-9-31/h5-20,22-23,27,29,45H,21,24-26H2,1-4H3,(H,46,50). The molecule has 0 aromatic heterocycles. The lowest BCUT2D eigenvalue weighted by Gasteiger charge is -2.38. The number of rotatable bonds is 13. The minimum atomic E-state index is -0.240. The Hall–Kier alpha value is -6.00. The van der Waals surface area contributed by atoms with Crippen LogP contribution in [-0.2, 0) is 22.6 Å². The fourth-order valence-corrected chi connectivity index (χ4v) is 8.25. The first kappa shape index (κ1) is 37.3. The zero-order valence-electron chi connectivity index (χ0n) is 31.2. The van der Waals surface area contributed by atoms with E-state index in [1.54, 1.807) is 29.8 Å². The first-order valence-corrected chi connectivity index (χ1v) is 19.1. The van der Waals surface area contributed by atoms with Gasteiger partial charge in [0.25, 0.3) is 0 Å². The second-order valence-electron chi connectivity index (χ2n) is 13.6. The molecule has 280 valence electrons. The molecular formula is C45H42N2O7S. The van der Waals surface area contributed by atoms with E-state index in [2.05, 4.69) is 5.32 Å². The van der Waals surface area contributed by atoms with Gasteiger partial charge in [-0.25, -0.2) is 0 Å².